The van der Waals surface area contributed by atoms with Gasteiger partial charge in [-0.2, -0.15) is 0 Å². The van der Waals surface area contributed by atoms with Gasteiger partial charge in [0.05, 0.1) is 0 Å². The largest absolute Gasteiger partial charge is 0.436 e. The SMILES string of the molecule is c1ccc(-c2ccc(-c3nc4c(-c5ccccc5)cccc4o3)cc2)cc1. The zero-order valence-electron chi connectivity index (χ0n) is 14.7. The minimum Gasteiger partial charge on any atom is -0.436 e. The summed E-state index contributed by atoms with van der Waals surface area (Å²) in [6, 6.07) is 35.1. The number of benzene rings is 4. The third-order valence-electron chi connectivity index (χ3n) is 4.74. The lowest BCUT2D eigenvalue weighted by atomic mass is 10.0. The molecule has 4 aromatic carbocycles. The number of aromatic nitrogens is 1. The third kappa shape index (κ3) is 2.91. The summed E-state index contributed by atoms with van der Waals surface area (Å²) >= 11 is 0. The summed E-state index contributed by atoms with van der Waals surface area (Å²) in [6.45, 7) is 0. The fraction of sp³-hybridized carbons (Fsp3) is 0. The molecule has 0 aliphatic heterocycles. The van der Waals surface area contributed by atoms with Gasteiger partial charge in [0.1, 0.15) is 5.52 Å². The van der Waals surface area contributed by atoms with Gasteiger partial charge in [0.2, 0.25) is 5.89 Å². The summed E-state index contributed by atoms with van der Waals surface area (Å²) in [6.07, 6.45) is 0. The van der Waals surface area contributed by atoms with Crippen LogP contribution in [-0.4, -0.2) is 4.98 Å². The van der Waals surface area contributed by atoms with Crippen LogP contribution in [0.15, 0.2) is 108 Å². The lowest BCUT2D eigenvalue weighted by molar-refractivity contribution is 0.620. The Hall–Kier alpha value is -3.65. The van der Waals surface area contributed by atoms with E-state index in [2.05, 4.69) is 66.7 Å². The van der Waals surface area contributed by atoms with Crippen molar-refractivity contribution in [1.29, 1.82) is 0 Å². The van der Waals surface area contributed by atoms with Crippen molar-refractivity contribution in [2.24, 2.45) is 0 Å². The van der Waals surface area contributed by atoms with E-state index in [1.807, 2.05) is 36.4 Å². The Labute approximate surface area is 157 Å². The molecule has 0 radical (unpaired) electrons. The van der Waals surface area contributed by atoms with Crippen molar-refractivity contribution in [2.45, 2.75) is 0 Å². The molecule has 1 aromatic heterocycles. The maximum Gasteiger partial charge on any atom is 0.227 e. The smallest absolute Gasteiger partial charge is 0.227 e. The average Bonchev–Trinajstić information content (AvgIpc) is 3.19. The van der Waals surface area contributed by atoms with E-state index < -0.39 is 0 Å². The normalized spacial score (nSPS) is 11.0. The van der Waals surface area contributed by atoms with Gasteiger partial charge >= 0.3 is 0 Å². The Morgan fingerprint density at radius 2 is 1.07 bits per heavy atom. The van der Waals surface area contributed by atoms with Crippen molar-refractivity contribution in [1.82, 2.24) is 4.98 Å². The summed E-state index contributed by atoms with van der Waals surface area (Å²) in [5, 5.41) is 0. The summed E-state index contributed by atoms with van der Waals surface area (Å²) in [5.74, 6) is 0.646. The number of hydrogen-bond acceptors (Lipinski definition) is 2. The maximum absolute atomic E-state index is 6.05. The van der Waals surface area contributed by atoms with Crippen molar-refractivity contribution in [3.8, 4) is 33.7 Å². The van der Waals surface area contributed by atoms with E-state index in [-0.39, 0.29) is 0 Å². The summed E-state index contributed by atoms with van der Waals surface area (Å²) < 4.78 is 6.05. The fourth-order valence-electron chi connectivity index (χ4n) is 3.36. The number of para-hydroxylation sites is 1. The molecule has 0 atom stereocenters. The molecule has 0 N–H and O–H groups in total. The predicted molar refractivity (Wildman–Crippen MR) is 110 cm³/mol. The van der Waals surface area contributed by atoms with Gasteiger partial charge in [0.25, 0.3) is 0 Å². The van der Waals surface area contributed by atoms with Gasteiger partial charge in [0, 0.05) is 11.1 Å². The van der Waals surface area contributed by atoms with E-state index in [1.54, 1.807) is 0 Å². The van der Waals surface area contributed by atoms with Crippen LogP contribution in [0.25, 0.3) is 44.8 Å². The van der Waals surface area contributed by atoms with Crippen LogP contribution in [0.3, 0.4) is 0 Å². The molecule has 2 nitrogen and oxygen atoms in total. The van der Waals surface area contributed by atoms with Crippen LogP contribution in [-0.2, 0) is 0 Å². The summed E-state index contributed by atoms with van der Waals surface area (Å²) in [5.41, 5.74) is 7.29. The zero-order valence-corrected chi connectivity index (χ0v) is 14.7. The zero-order chi connectivity index (χ0) is 18.1. The van der Waals surface area contributed by atoms with Gasteiger partial charge < -0.3 is 4.42 Å². The van der Waals surface area contributed by atoms with Crippen LogP contribution >= 0.6 is 0 Å². The predicted octanol–water partition coefficient (Wildman–Crippen LogP) is 6.83. The fourth-order valence-corrected chi connectivity index (χ4v) is 3.36. The monoisotopic (exact) mass is 347 g/mol. The quantitative estimate of drug-likeness (QED) is 0.357. The van der Waals surface area contributed by atoms with Crippen LogP contribution in [0.2, 0.25) is 0 Å². The van der Waals surface area contributed by atoms with Gasteiger partial charge in [-0.25, -0.2) is 4.98 Å². The van der Waals surface area contributed by atoms with Crippen LogP contribution < -0.4 is 0 Å². The molecule has 5 aromatic rings. The lowest BCUT2D eigenvalue weighted by Crippen LogP contribution is -1.81. The van der Waals surface area contributed by atoms with Gasteiger partial charge in [-0.15, -0.1) is 0 Å². The van der Waals surface area contributed by atoms with Gasteiger partial charge in [-0.3, -0.25) is 0 Å². The molecule has 0 saturated carbocycles. The van der Waals surface area contributed by atoms with Gasteiger partial charge in [0.15, 0.2) is 5.58 Å². The van der Waals surface area contributed by atoms with E-state index in [1.165, 1.54) is 11.1 Å². The van der Waals surface area contributed by atoms with Crippen LogP contribution in [0.4, 0.5) is 0 Å². The van der Waals surface area contributed by atoms with Gasteiger partial charge in [-0.1, -0.05) is 84.9 Å². The second-order valence-electron chi connectivity index (χ2n) is 6.48. The first-order chi connectivity index (χ1) is 13.4. The Morgan fingerprint density at radius 3 is 1.78 bits per heavy atom. The minimum atomic E-state index is 0.646. The van der Waals surface area contributed by atoms with Crippen molar-refractivity contribution in [3.05, 3.63) is 103 Å². The molecule has 2 heteroatoms. The van der Waals surface area contributed by atoms with Gasteiger partial charge in [-0.05, 0) is 34.9 Å². The second-order valence-corrected chi connectivity index (χ2v) is 6.48. The Bertz CT molecular complexity index is 1190. The molecule has 0 fully saturated rings. The highest BCUT2D eigenvalue weighted by Crippen LogP contribution is 2.32. The average molecular weight is 347 g/mol. The van der Waals surface area contributed by atoms with Crippen LogP contribution in [0, 0.1) is 0 Å². The summed E-state index contributed by atoms with van der Waals surface area (Å²) in [7, 11) is 0. The molecule has 128 valence electrons. The summed E-state index contributed by atoms with van der Waals surface area (Å²) in [4.78, 5) is 4.80. The molecule has 0 aliphatic rings. The molecule has 0 saturated heterocycles. The third-order valence-corrected chi connectivity index (χ3v) is 4.74. The highest BCUT2D eigenvalue weighted by atomic mass is 16.3. The lowest BCUT2D eigenvalue weighted by Gasteiger charge is -2.02. The number of rotatable bonds is 3. The first-order valence-corrected chi connectivity index (χ1v) is 8.99. The molecular formula is C25H17NO. The van der Waals surface area contributed by atoms with Crippen molar-refractivity contribution in [3.63, 3.8) is 0 Å². The highest BCUT2D eigenvalue weighted by Gasteiger charge is 2.12. The molecular weight excluding hydrogens is 330 g/mol. The molecule has 0 amide bonds. The second kappa shape index (κ2) is 6.58. The van der Waals surface area contributed by atoms with E-state index in [0.29, 0.717) is 5.89 Å². The van der Waals surface area contributed by atoms with E-state index in [9.17, 15) is 0 Å². The minimum absolute atomic E-state index is 0.646. The highest BCUT2D eigenvalue weighted by molar-refractivity contribution is 5.92. The molecule has 0 spiro atoms. The van der Waals surface area contributed by atoms with E-state index in [0.717, 1.165) is 27.8 Å². The maximum atomic E-state index is 6.05. The van der Waals surface area contributed by atoms with E-state index >= 15 is 0 Å². The molecule has 0 unspecified atom stereocenters. The standard InChI is InChI=1S/C25H17NO/c1-3-8-18(9-4-1)19-14-16-21(17-15-19)25-26-24-22(12-7-13-23(24)27-25)20-10-5-2-6-11-20/h1-17H. The first-order valence-electron chi connectivity index (χ1n) is 8.99. The Morgan fingerprint density at radius 1 is 0.481 bits per heavy atom. The molecule has 5 rings (SSSR count). The molecule has 0 aliphatic carbocycles. The topological polar surface area (TPSA) is 26.0 Å². The molecule has 1 heterocycles. The van der Waals surface area contributed by atoms with Crippen molar-refractivity contribution in [2.75, 3.05) is 0 Å². The Balaban J connectivity index is 1.56. The van der Waals surface area contributed by atoms with E-state index in [4.69, 9.17) is 9.40 Å². The number of fused-ring (bicyclic) bond motifs is 1. The first kappa shape index (κ1) is 15.6. The van der Waals surface area contributed by atoms with Crippen LogP contribution in [0.5, 0.6) is 0 Å². The van der Waals surface area contributed by atoms with Crippen molar-refractivity contribution < 1.29 is 4.42 Å². The van der Waals surface area contributed by atoms with Crippen LogP contribution in [0.1, 0.15) is 0 Å². The number of hydrogen-bond donors (Lipinski definition) is 0. The molecule has 27 heavy (non-hydrogen) atoms. The number of nitrogens with zero attached hydrogens (tertiary/aromatic N) is 1. The van der Waals surface area contributed by atoms with Crippen molar-refractivity contribution >= 4 is 11.1 Å². The Kier molecular flexibility index (Phi) is 3.80. The number of oxazole rings is 1. The molecule has 0 bridgehead atoms.